The molecule has 0 unspecified atom stereocenters. The molecule has 0 aliphatic carbocycles. The molecule has 2 heterocycles. The molecule has 0 radical (unpaired) electrons. The zero-order chi connectivity index (χ0) is 19.2. The first-order chi connectivity index (χ1) is 13.8. The number of thiazole rings is 1. The monoisotopic (exact) mass is 390 g/mol. The van der Waals surface area contributed by atoms with E-state index in [1.807, 2.05) is 65.7 Å². The first kappa shape index (κ1) is 18.0. The summed E-state index contributed by atoms with van der Waals surface area (Å²) in [7, 11) is 0. The smallest absolute Gasteiger partial charge is 0.227 e. The highest BCUT2D eigenvalue weighted by Crippen LogP contribution is 2.24. The van der Waals surface area contributed by atoms with Crippen molar-refractivity contribution in [2.75, 3.05) is 4.90 Å². The topological polar surface area (TPSA) is 87.7 Å². The fourth-order valence-electron chi connectivity index (χ4n) is 2.92. The van der Waals surface area contributed by atoms with Gasteiger partial charge in [0.1, 0.15) is 0 Å². The van der Waals surface area contributed by atoms with Gasteiger partial charge in [0, 0.05) is 28.7 Å². The number of nitrogens with zero attached hydrogens (tertiary/aromatic N) is 5. The summed E-state index contributed by atoms with van der Waals surface area (Å²) in [5.41, 5.74) is 4.50. The van der Waals surface area contributed by atoms with Gasteiger partial charge in [-0.1, -0.05) is 42.5 Å². The highest BCUT2D eigenvalue weighted by molar-refractivity contribution is 7.09. The van der Waals surface area contributed by atoms with E-state index in [0.29, 0.717) is 25.2 Å². The highest BCUT2D eigenvalue weighted by atomic mass is 32.1. The highest BCUT2D eigenvalue weighted by Gasteiger charge is 2.18. The Morgan fingerprint density at radius 2 is 2.00 bits per heavy atom. The van der Waals surface area contributed by atoms with E-state index in [2.05, 4.69) is 25.6 Å². The number of nitrogens with one attached hydrogen (secondary N) is 1. The summed E-state index contributed by atoms with van der Waals surface area (Å²) in [4.78, 5) is 20.1. The van der Waals surface area contributed by atoms with E-state index >= 15 is 0 Å². The molecule has 1 N–H and O–H groups in total. The number of carbonyl (C=O) groups excluding carboxylic acids is 1. The van der Waals surface area contributed by atoms with Crippen LogP contribution in [0.2, 0.25) is 0 Å². The summed E-state index contributed by atoms with van der Waals surface area (Å²) >= 11 is 1.57. The number of rotatable bonds is 7. The molecule has 8 heteroatoms. The van der Waals surface area contributed by atoms with E-state index in [9.17, 15) is 4.79 Å². The van der Waals surface area contributed by atoms with Crippen molar-refractivity contribution in [2.24, 2.45) is 0 Å². The fraction of sp³-hybridized carbons (Fsp3) is 0.150. The van der Waals surface area contributed by atoms with Crippen LogP contribution in [0.5, 0.6) is 0 Å². The molecule has 0 bridgehead atoms. The van der Waals surface area contributed by atoms with Gasteiger partial charge in [0.05, 0.1) is 12.1 Å². The molecule has 1 amide bonds. The lowest BCUT2D eigenvalue weighted by Gasteiger charge is -2.23. The number of aromatic amines is 1. The molecule has 0 aliphatic heterocycles. The van der Waals surface area contributed by atoms with Crippen LogP contribution in [-0.4, -0.2) is 31.5 Å². The van der Waals surface area contributed by atoms with Gasteiger partial charge in [0.25, 0.3) is 0 Å². The maximum Gasteiger partial charge on any atom is 0.227 e. The molecule has 2 aromatic carbocycles. The van der Waals surface area contributed by atoms with Crippen molar-refractivity contribution in [3.05, 3.63) is 76.7 Å². The van der Waals surface area contributed by atoms with Crippen LogP contribution in [-0.2, 0) is 17.8 Å². The number of anilines is 1. The number of tetrazole rings is 1. The van der Waals surface area contributed by atoms with E-state index in [0.717, 1.165) is 21.7 Å². The Hall–Kier alpha value is -3.39. The van der Waals surface area contributed by atoms with E-state index in [-0.39, 0.29) is 5.91 Å². The maximum atomic E-state index is 13.1. The quantitative estimate of drug-likeness (QED) is 0.522. The second-order valence-corrected chi connectivity index (χ2v) is 7.20. The number of carbonyl (C=O) groups is 1. The van der Waals surface area contributed by atoms with Crippen molar-refractivity contribution in [1.82, 2.24) is 25.6 Å². The van der Waals surface area contributed by atoms with Gasteiger partial charge >= 0.3 is 0 Å². The average molecular weight is 390 g/mol. The van der Waals surface area contributed by atoms with E-state index in [1.54, 1.807) is 16.8 Å². The van der Waals surface area contributed by atoms with Crippen molar-refractivity contribution in [1.29, 1.82) is 0 Å². The lowest BCUT2D eigenvalue weighted by atomic mass is 10.1. The molecule has 2 aromatic heterocycles. The lowest BCUT2D eigenvalue weighted by molar-refractivity contribution is -0.118. The summed E-state index contributed by atoms with van der Waals surface area (Å²) in [6, 6.07) is 17.6. The van der Waals surface area contributed by atoms with Gasteiger partial charge < -0.3 is 4.90 Å². The van der Waals surface area contributed by atoms with Crippen molar-refractivity contribution in [3.8, 4) is 11.4 Å². The minimum atomic E-state index is 0.0603. The predicted molar refractivity (Wildman–Crippen MR) is 108 cm³/mol. The number of hydrogen-bond acceptors (Lipinski definition) is 6. The largest absolute Gasteiger partial charge is 0.308 e. The van der Waals surface area contributed by atoms with Crippen LogP contribution in [0.25, 0.3) is 11.4 Å². The Balaban J connectivity index is 1.60. The van der Waals surface area contributed by atoms with Gasteiger partial charge in [-0.25, -0.2) is 5.10 Å². The predicted octanol–water partition coefficient (Wildman–Crippen LogP) is 3.49. The molecular weight excluding hydrogens is 372 g/mol. The molecule has 0 fully saturated rings. The summed E-state index contributed by atoms with van der Waals surface area (Å²) < 4.78 is 0. The molecular formula is C20H18N6OS. The first-order valence-corrected chi connectivity index (χ1v) is 9.73. The summed E-state index contributed by atoms with van der Waals surface area (Å²) in [6.07, 6.45) is 2.92. The molecule has 4 aromatic rings. The molecule has 7 nitrogen and oxygen atoms in total. The van der Waals surface area contributed by atoms with Gasteiger partial charge in [0.2, 0.25) is 5.91 Å². The standard InChI is InChI=1S/C20H18N6OS/c27-19(10-9-18-12-21-14-28-18)26(13-15-5-2-1-3-6-15)17-8-4-7-16(11-17)20-22-24-25-23-20/h1-8,11-12,14H,9-10,13H2,(H,22,23,24,25). The molecule has 0 aliphatic rings. The van der Waals surface area contributed by atoms with Crippen molar-refractivity contribution >= 4 is 22.9 Å². The number of aryl methyl sites for hydroxylation is 1. The number of benzene rings is 2. The second kappa shape index (κ2) is 8.53. The third-order valence-corrected chi connectivity index (χ3v) is 5.17. The van der Waals surface area contributed by atoms with Crippen LogP contribution in [0.4, 0.5) is 5.69 Å². The minimum absolute atomic E-state index is 0.0603. The van der Waals surface area contributed by atoms with E-state index < -0.39 is 0 Å². The Morgan fingerprint density at radius 3 is 2.75 bits per heavy atom. The Kier molecular flexibility index (Phi) is 5.48. The molecule has 0 spiro atoms. The van der Waals surface area contributed by atoms with Gasteiger partial charge in [0.15, 0.2) is 5.82 Å². The van der Waals surface area contributed by atoms with E-state index in [1.165, 1.54) is 0 Å². The first-order valence-electron chi connectivity index (χ1n) is 8.85. The molecule has 140 valence electrons. The van der Waals surface area contributed by atoms with E-state index in [4.69, 9.17) is 0 Å². The zero-order valence-electron chi connectivity index (χ0n) is 15.0. The molecule has 28 heavy (non-hydrogen) atoms. The van der Waals surface area contributed by atoms with Crippen molar-refractivity contribution in [3.63, 3.8) is 0 Å². The third kappa shape index (κ3) is 4.29. The number of amides is 1. The number of H-pyrrole nitrogens is 1. The van der Waals surface area contributed by atoms with Crippen molar-refractivity contribution in [2.45, 2.75) is 19.4 Å². The molecule has 0 saturated heterocycles. The zero-order valence-corrected chi connectivity index (χ0v) is 15.8. The molecule has 0 atom stereocenters. The average Bonchev–Trinajstić information content (AvgIpc) is 3.45. The Morgan fingerprint density at radius 1 is 1.11 bits per heavy atom. The SMILES string of the molecule is O=C(CCc1cncs1)N(Cc1ccccc1)c1cccc(-c2nnn[nH]2)c1. The van der Waals surface area contributed by atoms with Crippen LogP contribution in [0.1, 0.15) is 16.9 Å². The van der Waals surface area contributed by atoms with Crippen LogP contribution in [0.15, 0.2) is 66.3 Å². The minimum Gasteiger partial charge on any atom is -0.308 e. The van der Waals surface area contributed by atoms with Crippen LogP contribution in [0.3, 0.4) is 0 Å². The van der Waals surface area contributed by atoms with Crippen molar-refractivity contribution < 1.29 is 4.79 Å². The summed E-state index contributed by atoms with van der Waals surface area (Å²) in [6.45, 7) is 0.500. The summed E-state index contributed by atoms with van der Waals surface area (Å²) in [5, 5.41) is 14.0. The Bertz CT molecular complexity index is 1020. The van der Waals surface area contributed by atoms with Gasteiger partial charge in [-0.15, -0.1) is 16.4 Å². The Labute approximate surface area is 166 Å². The van der Waals surface area contributed by atoms with Gasteiger partial charge in [-0.3, -0.25) is 9.78 Å². The number of aromatic nitrogens is 5. The lowest BCUT2D eigenvalue weighted by Crippen LogP contribution is -2.30. The normalized spacial score (nSPS) is 10.7. The van der Waals surface area contributed by atoms with Crippen LogP contribution in [0, 0.1) is 0 Å². The third-order valence-electron chi connectivity index (χ3n) is 4.33. The number of hydrogen-bond donors (Lipinski definition) is 1. The fourth-order valence-corrected chi connectivity index (χ4v) is 3.52. The summed E-state index contributed by atoms with van der Waals surface area (Å²) in [5.74, 6) is 0.628. The van der Waals surface area contributed by atoms with Crippen LogP contribution < -0.4 is 4.90 Å². The van der Waals surface area contributed by atoms with Gasteiger partial charge in [-0.05, 0) is 34.5 Å². The molecule has 4 rings (SSSR count). The molecule has 0 saturated carbocycles. The van der Waals surface area contributed by atoms with Gasteiger partial charge in [-0.2, -0.15) is 0 Å². The van der Waals surface area contributed by atoms with Crippen LogP contribution >= 0.6 is 11.3 Å². The maximum absolute atomic E-state index is 13.1. The second-order valence-electron chi connectivity index (χ2n) is 6.23.